The van der Waals surface area contributed by atoms with Crippen molar-refractivity contribution >= 4 is 11.6 Å². The zero-order chi connectivity index (χ0) is 16.9. The molecule has 3 rings (SSSR count). The quantitative estimate of drug-likeness (QED) is 0.936. The second-order valence-electron chi connectivity index (χ2n) is 6.68. The maximum atomic E-state index is 12.4. The summed E-state index contributed by atoms with van der Waals surface area (Å²) in [4.78, 5) is 19.0. The van der Waals surface area contributed by atoms with E-state index >= 15 is 0 Å². The Morgan fingerprint density at radius 3 is 2.75 bits per heavy atom. The summed E-state index contributed by atoms with van der Waals surface area (Å²) in [7, 11) is 0. The van der Waals surface area contributed by atoms with Gasteiger partial charge < -0.3 is 10.2 Å². The molecule has 4 heteroatoms. The van der Waals surface area contributed by atoms with Crippen LogP contribution in [0.25, 0.3) is 0 Å². The highest BCUT2D eigenvalue weighted by atomic mass is 16.1. The maximum Gasteiger partial charge on any atom is 0.270 e. The molecular formula is C20H25N3O. The molecule has 2 heterocycles. The molecule has 1 aromatic heterocycles. The molecule has 0 atom stereocenters. The Labute approximate surface area is 143 Å². The number of anilines is 1. The van der Waals surface area contributed by atoms with Gasteiger partial charge in [0.15, 0.2) is 0 Å². The van der Waals surface area contributed by atoms with Crippen LogP contribution in [0.1, 0.15) is 41.4 Å². The van der Waals surface area contributed by atoms with Gasteiger partial charge in [-0.25, -0.2) is 0 Å². The van der Waals surface area contributed by atoms with Gasteiger partial charge in [0.2, 0.25) is 0 Å². The van der Waals surface area contributed by atoms with Crippen LogP contribution < -0.4 is 10.2 Å². The van der Waals surface area contributed by atoms with Crippen molar-refractivity contribution in [2.45, 2.75) is 33.2 Å². The van der Waals surface area contributed by atoms with Gasteiger partial charge in [-0.1, -0.05) is 31.2 Å². The SMILES string of the molecule is Cc1ccccc1CNC(=O)c1cc(N2CCC(C)CC2)ccn1. The second-order valence-corrected chi connectivity index (χ2v) is 6.68. The predicted molar refractivity (Wildman–Crippen MR) is 97.2 cm³/mol. The van der Waals surface area contributed by atoms with Crippen molar-refractivity contribution in [3.05, 3.63) is 59.4 Å². The standard InChI is InChI=1S/C20H25N3O/c1-15-8-11-23(12-9-15)18-7-10-21-19(13-18)20(24)22-14-17-6-4-3-5-16(17)2/h3-7,10,13,15H,8-9,11-12,14H2,1-2H3,(H,22,24). The van der Waals surface area contributed by atoms with Gasteiger partial charge in [0, 0.05) is 31.5 Å². The van der Waals surface area contributed by atoms with Crippen LogP contribution in [0.2, 0.25) is 0 Å². The summed E-state index contributed by atoms with van der Waals surface area (Å²) in [6.07, 6.45) is 4.14. The number of nitrogens with zero attached hydrogens (tertiary/aromatic N) is 2. The zero-order valence-electron chi connectivity index (χ0n) is 14.5. The molecule has 1 amide bonds. The average Bonchev–Trinajstić information content (AvgIpc) is 2.61. The molecule has 0 spiro atoms. The number of aromatic nitrogens is 1. The van der Waals surface area contributed by atoms with Crippen LogP contribution in [0.15, 0.2) is 42.6 Å². The summed E-state index contributed by atoms with van der Waals surface area (Å²) in [6, 6.07) is 12.0. The summed E-state index contributed by atoms with van der Waals surface area (Å²) in [5.41, 5.74) is 3.90. The van der Waals surface area contributed by atoms with E-state index in [-0.39, 0.29) is 5.91 Å². The number of hydrogen-bond donors (Lipinski definition) is 1. The number of nitrogens with one attached hydrogen (secondary N) is 1. The lowest BCUT2D eigenvalue weighted by molar-refractivity contribution is 0.0946. The van der Waals surface area contributed by atoms with E-state index in [4.69, 9.17) is 0 Å². The first-order chi connectivity index (χ1) is 11.6. The molecule has 0 unspecified atom stereocenters. The molecule has 0 bridgehead atoms. The lowest BCUT2D eigenvalue weighted by Crippen LogP contribution is -2.33. The highest BCUT2D eigenvalue weighted by Crippen LogP contribution is 2.23. The fourth-order valence-corrected chi connectivity index (χ4v) is 3.08. The monoisotopic (exact) mass is 323 g/mol. The minimum Gasteiger partial charge on any atom is -0.371 e. The van der Waals surface area contributed by atoms with Gasteiger partial charge in [-0.15, -0.1) is 0 Å². The molecule has 1 aliphatic rings. The highest BCUT2D eigenvalue weighted by Gasteiger charge is 2.17. The van der Waals surface area contributed by atoms with E-state index in [9.17, 15) is 4.79 Å². The maximum absolute atomic E-state index is 12.4. The third-order valence-corrected chi connectivity index (χ3v) is 4.83. The molecule has 0 radical (unpaired) electrons. The van der Waals surface area contributed by atoms with Gasteiger partial charge in [-0.3, -0.25) is 9.78 Å². The number of aryl methyl sites for hydroxylation is 1. The Hall–Kier alpha value is -2.36. The van der Waals surface area contributed by atoms with Crippen LogP contribution >= 0.6 is 0 Å². The van der Waals surface area contributed by atoms with Crippen molar-refractivity contribution < 1.29 is 4.79 Å². The Balaban J connectivity index is 1.65. The van der Waals surface area contributed by atoms with Gasteiger partial charge in [-0.2, -0.15) is 0 Å². The van der Waals surface area contributed by atoms with Crippen LogP contribution in [0.5, 0.6) is 0 Å². The van der Waals surface area contributed by atoms with Gasteiger partial charge in [0.25, 0.3) is 5.91 Å². The molecule has 1 fully saturated rings. The van der Waals surface area contributed by atoms with E-state index in [2.05, 4.69) is 35.1 Å². The van der Waals surface area contributed by atoms with Crippen LogP contribution in [-0.2, 0) is 6.54 Å². The normalized spacial score (nSPS) is 15.3. The summed E-state index contributed by atoms with van der Waals surface area (Å²) >= 11 is 0. The van der Waals surface area contributed by atoms with Crippen molar-refractivity contribution in [2.24, 2.45) is 5.92 Å². The van der Waals surface area contributed by atoms with E-state index in [0.29, 0.717) is 12.2 Å². The smallest absolute Gasteiger partial charge is 0.270 e. The fourth-order valence-electron chi connectivity index (χ4n) is 3.08. The molecule has 2 aromatic rings. The third kappa shape index (κ3) is 3.94. The second kappa shape index (κ2) is 7.47. The number of carbonyl (C=O) groups is 1. The van der Waals surface area contributed by atoms with Crippen molar-refractivity contribution in [3.8, 4) is 0 Å². The van der Waals surface area contributed by atoms with E-state index in [1.807, 2.05) is 30.3 Å². The summed E-state index contributed by atoms with van der Waals surface area (Å²) in [6.45, 7) is 6.98. The highest BCUT2D eigenvalue weighted by molar-refractivity contribution is 5.93. The Bertz CT molecular complexity index is 706. The van der Waals surface area contributed by atoms with Crippen LogP contribution in [0.3, 0.4) is 0 Å². The summed E-state index contributed by atoms with van der Waals surface area (Å²) < 4.78 is 0. The number of benzene rings is 1. The molecule has 24 heavy (non-hydrogen) atoms. The number of hydrogen-bond acceptors (Lipinski definition) is 3. The van der Waals surface area contributed by atoms with Gasteiger partial charge in [0.1, 0.15) is 5.69 Å². The molecule has 1 N–H and O–H groups in total. The summed E-state index contributed by atoms with van der Waals surface area (Å²) in [5.74, 6) is 0.672. The lowest BCUT2D eigenvalue weighted by atomic mass is 9.99. The average molecular weight is 323 g/mol. The van der Waals surface area contributed by atoms with E-state index in [1.165, 1.54) is 18.4 Å². The number of pyridine rings is 1. The van der Waals surface area contributed by atoms with Gasteiger partial charge in [0.05, 0.1) is 0 Å². The molecular weight excluding hydrogens is 298 g/mol. The lowest BCUT2D eigenvalue weighted by Gasteiger charge is -2.32. The van der Waals surface area contributed by atoms with Crippen LogP contribution in [0, 0.1) is 12.8 Å². The minimum atomic E-state index is -0.120. The molecule has 126 valence electrons. The Morgan fingerprint density at radius 2 is 2.00 bits per heavy atom. The van der Waals surface area contributed by atoms with Crippen LogP contribution in [0.4, 0.5) is 5.69 Å². The number of carbonyl (C=O) groups excluding carboxylic acids is 1. The molecule has 0 aliphatic carbocycles. The van der Waals surface area contributed by atoms with Gasteiger partial charge >= 0.3 is 0 Å². The molecule has 1 aliphatic heterocycles. The predicted octanol–water partition coefficient (Wildman–Crippen LogP) is 3.56. The Kier molecular flexibility index (Phi) is 5.14. The summed E-state index contributed by atoms with van der Waals surface area (Å²) in [5, 5.41) is 2.97. The van der Waals surface area contributed by atoms with Crippen molar-refractivity contribution in [3.63, 3.8) is 0 Å². The fraction of sp³-hybridized carbons (Fsp3) is 0.400. The number of amides is 1. The Morgan fingerprint density at radius 1 is 1.25 bits per heavy atom. The largest absolute Gasteiger partial charge is 0.371 e. The van der Waals surface area contributed by atoms with Crippen molar-refractivity contribution in [2.75, 3.05) is 18.0 Å². The molecule has 1 aromatic carbocycles. The molecule has 0 saturated carbocycles. The van der Waals surface area contributed by atoms with Crippen LogP contribution in [-0.4, -0.2) is 24.0 Å². The first-order valence-electron chi connectivity index (χ1n) is 8.67. The molecule has 1 saturated heterocycles. The zero-order valence-corrected chi connectivity index (χ0v) is 14.5. The molecule has 4 nitrogen and oxygen atoms in total. The number of piperidine rings is 1. The van der Waals surface area contributed by atoms with E-state index in [1.54, 1.807) is 6.20 Å². The van der Waals surface area contributed by atoms with Gasteiger partial charge in [-0.05, 0) is 48.9 Å². The van der Waals surface area contributed by atoms with E-state index < -0.39 is 0 Å². The van der Waals surface area contributed by atoms with Crippen molar-refractivity contribution in [1.29, 1.82) is 0 Å². The topological polar surface area (TPSA) is 45.2 Å². The van der Waals surface area contributed by atoms with Crippen molar-refractivity contribution in [1.82, 2.24) is 10.3 Å². The van der Waals surface area contributed by atoms with E-state index in [0.717, 1.165) is 30.3 Å². The minimum absolute atomic E-state index is 0.120. The third-order valence-electron chi connectivity index (χ3n) is 4.83. The number of rotatable bonds is 4. The first-order valence-corrected chi connectivity index (χ1v) is 8.67. The first kappa shape index (κ1) is 16.5.